The quantitative estimate of drug-likeness (QED) is 0.386. The molecule has 3 aromatic rings. The predicted molar refractivity (Wildman–Crippen MR) is 101 cm³/mol. The summed E-state index contributed by atoms with van der Waals surface area (Å²) >= 11 is 0. The van der Waals surface area contributed by atoms with Gasteiger partial charge in [0.25, 0.3) is 10.1 Å². The topological polar surface area (TPSA) is 116 Å². The number of hydrogen-bond acceptors (Lipinski definition) is 6. The van der Waals surface area contributed by atoms with Crippen molar-refractivity contribution in [2.24, 2.45) is 10.2 Å². The lowest BCUT2D eigenvalue weighted by atomic mass is 10.0. The first-order valence-electron chi connectivity index (χ1n) is 7.92. The van der Waals surface area contributed by atoms with Crippen LogP contribution in [0.2, 0.25) is 0 Å². The van der Waals surface area contributed by atoms with Gasteiger partial charge in [0.15, 0.2) is 12.0 Å². The number of aromatic hydroxyl groups is 1. The van der Waals surface area contributed by atoms with Crippen molar-refractivity contribution < 1.29 is 22.9 Å². The van der Waals surface area contributed by atoms with Crippen molar-refractivity contribution in [3.05, 3.63) is 59.2 Å². The second-order valence-corrected chi connectivity index (χ2v) is 7.47. The summed E-state index contributed by atoms with van der Waals surface area (Å²) in [4.78, 5) is 11.1. The third kappa shape index (κ3) is 3.57. The number of fused-ring (bicyclic) bond motifs is 1. The van der Waals surface area contributed by atoms with Gasteiger partial charge in [-0.1, -0.05) is 30.3 Å². The number of rotatable bonds is 4. The molecule has 3 rings (SSSR count). The van der Waals surface area contributed by atoms with Gasteiger partial charge in [-0.3, -0.25) is 9.35 Å². The van der Waals surface area contributed by atoms with Crippen LogP contribution in [0.4, 0.5) is 11.4 Å². The molecule has 3 aromatic carbocycles. The van der Waals surface area contributed by atoms with Crippen LogP contribution >= 0.6 is 0 Å². The monoisotopic (exact) mass is 384 g/mol. The van der Waals surface area contributed by atoms with Crippen molar-refractivity contribution >= 4 is 38.6 Å². The molecule has 138 valence electrons. The SMILES string of the molecule is Cc1cc(C)c(S(=O)(=O)O)cc1N=Nc1cc(C=O)c2ccccc2c1O. The fourth-order valence-electron chi connectivity index (χ4n) is 2.86. The third-order valence-corrected chi connectivity index (χ3v) is 5.19. The number of nitrogens with zero attached hydrogens (tertiary/aromatic N) is 2. The standard InChI is InChI=1S/C19H16N2O5S/c1-11-7-12(2)18(27(24,25)26)9-16(11)20-21-17-8-13(10-22)14-5-3-4-6-15(14)19(17)23/h3-10,23H,1-2H3,(H,24,25,26). The lowest BCUT2D eigenvalue weighted by Crippen LogP contribution is -2.01. The van der Waals surface area contributed by atoms with Crippen LogP contribution in [0.1, 0.15) is 21.5 Å². The molecule has 0 saturated carbocycles. The summed E-state index contributed by atoms with van der Waals surface area (Å²) in [5, 5.41) is 19.5. The molecule has 8 heteroatoms. The van der Waals surface area contributed by atoms with Gasteiger partial charge in [0.1, 0.15) is 5.69 Å². The van der Waals surface area contributed by atoms with E-state index in [0.29, 0.717) is 33.7 Å². The van der Waals surface area contributed by atoms with Crippen LogP contribution < -0.4 is 0 Å². The van der Waals surface area contributed by atoms with Gasteiger partial charge in [-0.05, 0) is 42.5 Å². The van der Waals surface area contributed by atoms with E-state index in [-0.39, 0.29) is 22.0 Å². The van der Waals surface area contributed by atoms with E-state index in [1.165, 1.54) is 12.1 Å². The summed E-state index contributed by atoms with van der Waals surface area (Å²) in [6.45, 7) is 3.27. The van der Waals surface area contributed by atoms with Gasteiger partial charge in [-0.25, -0.2) is 0 Å². The molecule has 0 saturated heterocycles. The first kappa shape index (κ1) is 18.7. The number of phenolic OH excluding ortho intramolecular Hbond substituents is 1. The van der Waals surface area contributed by atoms with Crippen LogP contribution in [0.5, 0.6) is 5.75 Å². The highest BCUT2D eigenvalue weighted by Crippen LogP contribution is 2.38. The normalized spacial score (nSPS) is 12.0. The third-order valence-electron chi connectivity index (χ3n) is 4.19. The molecule has 27 heavy (non-hydrogen) atoms. The molecule has 0 atom stereocenters. The van der Waals surface area contributed by atoms with Crippen molar-refractivity contribution in [3.8, 4) is 5.75 Å². The number of benzene rings is 3. The number of carbonyl (C=O) groups excluding carboxylic acids is 1. The molecule has 0 amide bonds. The maximum Gasteiger partial charge on any atom is 0.294 e. The van der Waals surface area contributed by atoms with Crippen molar-refractivity contribution in [1.29, 1.82) is 0 Å². The number of phenols is 1. The fraction of sp³-hybridized carbons (Fsp3) is 0.105. The van der Waals surface area contributed by atoms with Gasteiger partial charge in [0.2, 0.25) is 0 Å². The minimum absolute atomic E-state index is 0.0733. The van der Waals surface area contributed by atoms with Gasteiger partial charge in [-0.2, -0.15) is 13.5 Å². The van der Waals surface area contributed by atoms with Crippen LogP contribution in [-0.2, 0) is 10.1 Å². The molecule has 0 spiro atoms. The van der Waals surface area contributed by atoms with Crippen LogP contribution in [0.3, 0.4) is 0 Å². The van der Waals surface area contributed by atoms with E-state index in [9.17, 15) is 22.9 Å². The molecule has 0 radical (unpaired) electrons. The Kier molecular flexibility index (Phi) is 4.77. The molecule has 0 bridgehead atoms. The average Bonchev–Trinajstić information content (AvgIpc) is 2.61. The first-order chi connectivity index (χ1) is 12.7. The summed E-state index contributed by atoms with van der Waals surface area (Å²) in [5.74, 6) is -0.139. The Morgan fingerprint density at radius 3 is 2.19 bits per heavy atom. The average molecular weight is 384 g/mol. The number of carbonyl (C=O) groups is 1. The highest BCUT2D eigenvalue weighted by molar-refractivity contribution is 7.85. The van der Waals surface area contributed by atoms with Crippen molar-refractivity contribution in [3.63, 3.8) is 0 Å². The Hall–Kier alpha value is -3.10. The summed E-state index contributed by atoms with van der Waals surface area (Å²) in [7, 11) is -4.40. The van der Waals surface area contributed by atoms with E-state index >= 15 is 0 Å². The summed E-state index contributed by atoms with van der Waals surface area (Å²) in [6.07, 6.45) is 0.661. The van der Waals surface area contributed by atoms with Crippen LogP contribution in [0.25, 0.3) is 10.8 Å². The summed E-state index contributed by atoms with van der Waals surface area (Å²) in [6, 6.07) is 11.0. The van der Waals surface area contributed by atoms with Gasteiger partial charge in [0, 0.05) is 10.9 Å². The Bertz CT molecular complexity index is 1200. The molecule has 0 fully saturated rings. The second-order valence-electron chi connectivity index (χ2n) is 6.08. The molecule has 0 unspecified atom stereocenters. The molecular formula is C19H16N2O5S. The van der Waals surface area contributed by atoms with E-state index in [4.69, 9.17) is 0 Å². The molecule has 0 aliphatic carbocycles. The second kappa shape index (κ2) is 6.90. The van der Waals surface area contributed by atoms with E-state index in [1.54, 1.807) is 44.2 Å². The Morgan fingerprint density at radius 1 is 0.926 bits per heavy atom. The Morgan fingerprint density at radius 2 is 1.56 bits per heavy atom. The van der Waals surface area contributed by atoms with Crippen molar-refractivity contribution in [1.82, 2.24) is 0 Å². The molecule has 0 heterocycles. The van der Waals surface area contributed by atoms with Crippen LogP contribution in [0.15, 0.2) is 57.6 Å². The lowest BCUT2D eigenvalue weighted by molar-refractivity contribution is 0.112. The summed E-state index contributed by atoms with van der Waals surface area (Å²) < 4.78 is 32.3. The maximum atomic E-state index is 11.5. The van der Waals surface area contributed by atoms with Gasteiger partial charge < -0.3 is 5.11 Å². The van der Waals surface area contributed by atoms with E-state index in [0.717, 1.165) is 0 Å². The fourth-order valence-corrected chi connectivity index (χ4v) is 3.59. The predicted octanol–water partition coefficient (Wildman–Crippen LogP) is 4.64. The number of aldehydes is 1. The first-order valence-corrected chi connectivity index (χ1v) is 9.36. The van der Waals surface area contributed by atoms with Gasteiger partial charge >= 0.3 is 0 Å². The molecule has 0 aromatic heterocycles. The molecule has 0 aliphatic heterocycles. The molecule has 0 aliphatic rings. The van der Waals surface area contributed by atoms with Crippen molar-refractivity contribution in [2.45, 2.75) is 18.7 Å². The highest BCUT2D eigenvalue weighted by atomic mass is 32.2. The van der Waals surface area contributed by atoms with E-state index < -0.39 is 10.1 Å². The zero-order valence-corrected chi connectivity index (χ0v) is 15.4. The molecule has 2 N–H and O–H groups in total. The zero-order valence-electron chi connectivity index (χ0n) is 14.5. The lowest BCUT2D eigenvalue weighted by Gasteiger charge is -2.08. The Balaban J connectivity index is 2.15. The van der Waals surface area contributed by atoms with E-state index in [1.807, 2.05) is 0 Å². The number of hydrogen-bond donors (Lipinski definition) is 2. The Labute approximate surface area is 155 Å². The number of azo groups is 1. The zero-order chi connectivity index (χ0) is 19.8. The number of aryl methyl sites for hydroxylation is 2. The molecule has 7 nitrogen and oxygen atoms in total. The van der Waals surface area contributed by atoms with Gasteiger partial charge in [0.05, 0.1) is 10.6 Å². The largest absolute Gasteiger partial charge is 0.505 e. The van der Waals surface area contributed by atoms with E-state index in [2.05, 4.69) is 10.2 Å². The highest BCUT2D eigenvalue weighted by Gasteiger charge is 2.16. The maximum absolute atomic E-state index is 11.5. The van der Waals surface area contributed by atoms with Crippen LogP contribution in [-0.4, -0.2) is 24.4 Å². The van der Waals surface area contributed by atoms with Gasteiger partial charge in [-0.15, -0.1) is 5.11 Å². The minimum Gasteiger partial charge on any atom is -0.505 e. The smallest absolute Gasteiger partial charge is 0.294 e. The van der Waals surface area contributed by atoms with Crippen LogP contribution in [0, 0.1) is 13.8 Å². The molecular weight excluding hydrogens is 368 g/mol. The van der Waals surface area contributed by atoms with Crippen molar-refractivity contribution in [2.75, 3.05) is 0 Å². The minimum atomic E-state index is -4.40. The summed E-state index contributed by atoms with van der Waals surface area (Å²) in [5.41, 5.74) is 1.65.